The molecular formula is C12H22N4S. The number of aromatic nitrogens is 2. The molecule has 1 heterocycles. The lowest BCUT2D eigenvalue weighted by molar-refractivity contribution is 0.0882. The third-order valence-corrected chi connectivity index (χ3v) is 4.57. The van der Waals surface area contributed by atoms with Gasteiger partial charge in [-0.25, -0.2) is 4.98 Å². The highest BCUT2D eigenvalue weighted by molar-refractivity contribution is 7.09. The molecule has 1 saturated carbocycles. The lowest BCUT2D eigenvalue weighted by Crippen LogP contribution is -2.52. The van der Waals surface area contributed by atoms with E-state index in [9.17, 15) is 0 Å². The van der Waals surface area contributed by atoms with Gasteiger partial charge >= 0.3 is 0 Å². The fraction of sp³-hybridized carbons (Fsp3) is 0.833. The molecule has 4 nitrogen and oxygen atoms in total. The van der Waals surface area contributed by atoms with Crippen molar-refractivity contribution in [2.24, 2.45) is 5.92 Å². The van der Waals surface area contributed by atoms with Gasteiger partial charge in [-0.1, -0.05) is 19.8 Å². The van der Waals surface area contributed by atoms with E-state index in [4.69, 9.17) is 0 Å². The number of likely N-dealkylation sites (N-methyl/N-ethyl adjacent to an activating group) is 1. The molecule has 1 aromatic rings. The number of anilines is 1. The molecule has 17 heavy (non-hydrogen) atoms. The maximum absolute atomic E-state index is 4.19. The van der Waals surface area contributed by atoms with Crippen molar-refractivity contribution < 1.29 is 0 Å². The minimum Gasteiger partial charge on any atom is -0.358 e. The van der Waals surface area contributed by atoms with Crippen molar-refractivity contribution in [2.75, 3.05) is 26.0 Å². The molecule has 0 bridgehead atoms. The summed E-state index contributed by atoms with van der Waals surface area (Å²) in [5, 5.41) is 4.38. The molecule has 5 heteroatoms. The maximum Gasteiger partial charge on any atom is 0.202 e. The lowest BCUT2D eigenvalue weighted by atomic mass is 9.75. The predicted molar refractivity (Wildman–Crippen MR) is 72.4 cm³/mol. The molecular weight excluding hydrogens is 232 g/mol. The highest BCUT2D eigenvalue weighted by atomic mass is 32.1. The Kier molecular flexibility index (Phi) is 3.99. The number of rotatable bonds is 4. The van der Waals surface area contributed by atoms with Crippen LogP contribution in [0.25, 0.3) is 0 Å². The minimum absolute atomic E-state index is 0.281. The van der Waals surface area contributed by atoms with Gasteiger partial charge in [-0.15, -0.1) is 0 Å². The van der Waals surface area contributed by atoms with E-state index < -0.39 is 0 Å². The van der Waals surface area contributed by atoms with Crippen LogP contribution in [0, 0.1) is 5.92 Å². The number of hydrogen-bond acceptors (Lipinski definition) is 5. The van der Waals surface area contributed by atoms with Gasteiger partial charge in [-0.3, -0.25) is 0 Å². The normalized spacial score (nSPS) is 29.5. The van der Waals surface area contributed by atoms with E-state index in [2.05, 4.69) is 40.6 Å². The monoisotopic (exact) mass is 254 g/mol. The molecule has 1 N–H and O–H groups in total. The van der Waals surface area contributed by atoms with Crippen molar-refractivity contribution in [2.45, 2.75) is 38.1 Å². The standard InChI is InChI=1S/C12H22N4S/c1-10-5-4-6-12(7-10,16(2)3)8-13-11-14-9-15-17-11/h9-10H,4-8H2,1-3H3,(H,13,14,15). The van der Waals surface area contributed by atoms with Crippen LogP contribution in [0.5, 0.6) is 0 Å². The summed E-state index contributed by atoms with van der Waals surface area (Å²) in [5.41, 5.74) is 0.281. The third kappa shape index (κ3) is 2.96. The van der Waals surface area contributed by atoms with Gasteiger partial charge in [0.15, 0.2) is 0 Å². The fourth-order valence-corrected chi connectivity index (χ4v) is 3.27. The zero-order chi connectivity index (χ0) is 12.3. The first-order valence-electron chi connectivity index (χ1n) is 6.30. The Hall–Kier alpha value is -0.680. The van der Waals surface area contributed by atoms with Crippen LogP contribution in [0.4, 0.5) is 5.13 Å². The van der Waals surface area contributed by atoms with Crippen LogP contribution < -0.4 is 5.32 Å². The summed E-state index contributed by atoms with van der Waals surface area (Å²) in [7, 11) is 4.39. The minimum atomic E-state index is 0.281. The molecule has 2 atom stereocenters. The van der Waals surface area contributed by atoms with Crippen LogP contribution in [0.2, 0.25) is 0 Å². The number of hydrogen-bond donors (Lipinski definition) is 1. The van der Waals surface area contributed by atoms with Gasteiger partial charge in [0.1, 0.15) is 6.33 Å². The maximum atomic E-state index is 4.19. The molecule has 1 aliphatic carbocycles. The summed E-state index contributed by atoms with van der Waals surface area (Å²) in [5.74, 6) is 0.822. The molecule has 0 saturated heterocycles. The van der Waals surface area contributed by atoms with Gasteiger partial charge in [-0.05, 0) is 32.9 Å². The van der Waals surface area contributed by atoms with Gasteiger partial charge < -0.3 is 10.2 Å². The average Bonchev–Trinajstić information content (AvgIpc) is 2.79. The quantitative estimate of drug-likeness (QED) is 0.896. The van der Waals surface area contributed by atoms with Gasteiger partial charge in [0.2, 0.25) is 5.13 Å². The van der Waals surface area contributed by atoms with E-state index >= 15 is 0 Å². The predicted octanol–water partition coefficient (Wildman–Crippen LogP) is 2.46. The summed E-state index contributed by atoms with van der Waals surface area (Å²) in [6.45, 7) is 3.34. The fourth-order valence-electron chi connectivity index (χ4n) is 2.85. The molecule has 0 aromatic carbocycles. The van der Waals surface area contributed by atoms with Crippen LogP contribution in [0.15, 0.2) is 6.33 Å². The topological polar surface area (TPSA) is 41.1 Å². The van der Waals surface area contributed by atoms with Crippen molar-refractivity contribution in [1.29, 1.82) is 0 Å². The van der Waals surface area contributed by atoms with Gasteiger partial charge in [0.05, 0.1) is 0 Å². The SMILES string of the molecule is CC1CCCC(CNc2ncns2)(N(C)C)C1. The molecule has 1 aromatic heterocycles. The van der Waals surface area contributed by atoms with E-state index in [-0.39, 0.29) is 5.54 Å². The van der Waals surface area contributed by atoms with E-state index in [1.54, 1.807) is 6.33 Å². The molecule has 0 radical (unpaired) electrons. The molecule has 2 unspecified atom stereocenters. The number of nitrogens with zero attached hydrogens (tertiary/aromatic N) is 3. The van der Waals surface area contributed by atoms with Crippen LogP contribution in [-0.2, 0) is 0 Å². The first-order chi connectivity index (χ1) is 8.12. The third-order valence-electron chi connectivity index (χ3n) is 3.95. The Morgan fingerprint density at radius 3 is 3.00 bits per heavy atom. The van der Waals surface area contributed by atoms with Gasteiger partial charge in [0, 0.05) is 23.6 Å². The van der Waals surface area contributed by atoms with Crippen LogP contribution in [-0.4, -0.2) is 40.4 Å². The lowest BCUT2D eigenvalue weighted by Gasteiger charge is -2.45. The second-order valence-electron chi connectivity index (χ2n) is 5.42. The molecule has 1 fully saturated rings. The Labute approximate surface area is 108 Å². The largest absolute Gasteiger partial charge is 0.358 e. The summed E-state index contributed by atoms with van der Waals surface area (Å²) >= 11 is 1.43. The molecule has 2 rings (SSSR count). The Morgan fingerprint density at radius 1 is 1.59 bits per heavy atom. The molecule has 0 amide bonds. The number of nitrogens with one attached hydrogen (secondary N) is 1. The molecule has 0 spiro atoms. The van der Waals surface area contributed by atoms with E-state index in [0.717, 1.165) is 17.6 Å². The first kappa shape index (κ1) is 12.8. The van der Waals surface area contributed by atoms with Crippen LogP contribution in [0.3, 0.4) is 0 Å². The highest BCUT2D eigenvalue weighted by Crippen LogP contribution is 2.35. The van der Waals surface area contributed by atoms with Crippen molar-refractivity contribution in [3.05, 3.63) is 6.33 Å². The van der Waals surface area contributed by atoms with Gasteiger partial charge in [-0.2, -0.15) is 4.37 Å². The van der Waals surface area contributed by atoms with E-state index in [0.29, 0.717) is 0 Å². The molecule has 1 aliphatic rings. The Balaban J connectivity index is 2.01. The highest BCUT2D eigenvalue weighted by Gasteiger charge is 2.36. The zero-order valence-electron chi connectivity index (χ0n) is 10.9. The van der Waals surface area contributed by atoms with E-state index in [1.165, 1.54) is 37.2 Å². The van der Waals surface area contributed by atoms with Crippen molar-refractivity contribution >= 4 is 16.7 Å². The molecule has 0 aliphatic heterocycles. The van der Waals surface area contributed by atoms with Crippen molar-refractivity contribution in [3.63, 3.8) is 0 Å². The van der Waals surface area contributed by atoms with Crippen LogP contribution in [0.1, 0.15) is 32.6 Å². The first-order valence-corrected chi connectivity index (χ1v) is 7.08. The summed E-state index contributed by atoms with van der Waals surface area (Å²) in [6, 6.07) is 0. The Bertz CT molecular complexity index is 338. The Morgan fingerprint density at radius 2 is 2.41 bits per heavy atom. The summed E-state index contributed by atoms with van der Waals surface area (Å²) in [4.78, 5) is 6.57. The van der Waals surface area contributed by atoms with Crippen molar-refractivity contribution in [1.82, 2.24) is 14.3 Å². The summed E-state index contributed by atoms with van der Waals surface area (Å²) < 4.78 is 4.02. The summed E-state index contributed by atoms with van der Waals surface area (Å²) in [6.07, 6.45) is 6.85. The smallest absolute Gasteiger partial charge is 0.202 e. The molecule has 96 valence electrons. The van der Waals surface area contributed by atoms with Gasteiger partial charge in [0.25, 0.3) is 0 Å². The van der Waals surface area contributed by atoms with Crippen molar-refractivity contribution in [3.8, 4) is 0 Å². The second kappa shape index (κ2) is 5.31. The van der Waals surface area contributed by atoms with Crippen LogP contribution >= 0.6 is 11.5 Å². The zero-order valence-corrected chi connectivity index (χ0v) is 11.8. The second-order valence-corrected chi connectivity index (χ2v) is 6.20. The van der Waals surface area contributed by atoms with E-state index in [1.807, 2.05) is 0 Å². The average molecular weight is 254 g/mol.